The molecular weight excluding hydrogens is 346 g/mol. The van der Waals surface area contributed by atoms with Crippen molar-refractivity contribution in [2.24, 2.45) is 28.6 Å². The fourth-order valence-corrected chi connectivity index (χ4v) is 8.68. The summed E-state index contributed by atoms with van der Waals surface area (Å²) in [6, 6.07) is 0. The first kappa shape index (κ1) is 18.5. The number of hydrogen-bond acceptors (Lipinski definition) is 4. The molecule has 1 heterocycles. The van der Waals surface area contributed by atoms with E-state index in [9.17, 15) is 13.2 Å². The van der Waals surface area contributed by atoms with Gasteiger partial charge in [0.25, 0.3) is 0 Å². The second-order valence-corrected chi connectivity index (χ2v) is 12.4. The van der Waals surface area contributed by atoms with Gasteiger partial charge in [0.15, 0.2) is 15.6 Å². The van der Waals surface area contributed by atoms with Crippen molar-refractivity contribution in [3.8, 4) is 0 Å². The number of allylic oxidation sites excluding steroid dienone is 2. The highest BCUT2D eigenvalue weighted by Crippen LogP contribution is 2.64. The summed E-state index contributed by atoms with van der Waals surface area (Å²) < 4.78 is 25.2. The maximum Gasteiger partial charge on any atom is 0.157 e. The van der Waals surface area contributed by atoms with Crippen LogP contribution in [0, 0.1) is 28.6 Å². The molecule has 4 nitrogen and oxygen atoms in total. The molecule has 0 amide bonds. The van der Waals surface area contributed by atoms with Crippen molar-refractivity contribution in [3.63, 3.8) is 0 Å². The number of piperidine rings is 1. The van der Waals surface area contributed by atoms with E-state index in [0.29, 0.717) is 24.2 Å². The van der Waals surface area contributed by atoms with Crippen LogP contribution in [0.1, 0.15) is 59.3 Å². The lowest BCUT2D eigenvalue weighted by Gasteiger charge is -2.59. The number of fused-ring (bicyclic) bond motifs is 5. The zero-order valence-corrected chi connectivity index (χ0v) is 17.4. The number of likely N-dealkylation sites (tertiary alicyclic amines) is 1. The Kier molecular flexibility index (Phi) is 4.15. The van der Waals surface area contributed by atoms with Crippen LogP contribution in [0.3, 0.4) is 0 Å². The van der Waals surface area contributed by atoms with Crippen LogP contribution in [0.2, 0.25) is 0 Å². The summed E-state index contributed by atoms with van der Waals surface area (Å²) in [6.07, 6.45) is 7.50. The fraction of sp³-hybridized carbons (Fsp3) is 0.857. The summed E-state index contributed by atoms with van der Waals surface area (Å²) in [4.78, 5) is 14.3. The van der Waals surface area contributed by atoms with Gasteiger partial charge in [-0.15, -0.1) is 0 Å². The first-order valence-corrected chi connectivity index (χ1v) is 12.0. The summed E-state index contributed by atoms with van der Waals surface area (Å²) in [7, 11) is -0.836. The van der Waals surface area contributed by atoms with E-state index in [1.165, 1.54) is 12.1 Å². The van der Waals surface area contributed by atoms with E-state index in [4.69, 9.17) is 0 Å². The van der Waals surface area contributed by atoms with Crippen molar-refractivity contribution in [1.82, 2.24) is 4.90 Å². The Labute approximate surface area is 158 Å². The minimum Gasteiger partial charge on any atom is -0.377 e. The lowest BCUT2D eigenvalue weighted by molar-refractivity contribution is -0.118. The molecule has 2 saturated carbocycles. The summed E-state index contributed by atoms with van der Waals surface area (Å²) >= 11 is 0. The molecule has 26 heavy (non-hydrogen) atoms. The van der Waals surface area contributed by atoms with Crippen LogP contribution in [0.5, 0.6) is 0 Å². The molecule has 0 N–H and O–H groups in total. The Morgan fingerprint density at radius 1 is 1.23 bits per heavy atom. The van der Waals surface area contributed by atoms with Crippen LogP contribution in [0.25, 0.3) is 0 Å². The van der Waals surface area contributed by atoms with Gasteiger partial charge < -0.3 is 4.90 Å². The van der Waals surface area contributed by atoms with Gasteiger partial charge in [-0.3, -0.25) is 4.79 Å². The molecule has 4 rings (SSSR count). The van der Waals surface area contributed by atoms with E-state index < -0.39 is 9.84 Å². The van der Waals surface area contributed by atoms with Crippen molar-refractivity contribution in [1.29, 1.82) is 0 Å². The molecule has 0 spiro atoms. The van der Waals surface area contributed by atoms with Crippen LogP contribution in [-0.2, 0) is 14.6 Å². The molecule has 4 aliphatic rings. The molecule has 0 unspecified atom stereocenters. The highest BCUT2D eigenvalue weighted by atomic mass is 32.2. The van der Waals surface area contributed by atoms with E-state index in [0.717, 1.165) is 32.2 Å². The minimum atomic E-state index is -2.96. The van der Waals surface area contributed by atoms with E-state index >= 15 is 0 Å². The van der Waals surface area contributed by atoms with Gasteiger partial charge in [-0.2, -0.15) is 0 Å². The molecular formula is C21H33NO3S. The molecule has 0 radical (unpaired) electrons. The first-order chi connectivity index (χ1) is 12.1. The van der Waals surface area contributed by atoms with Crippen LogP contribution in [0.4, 0.5) is 0 Å². The molecule has 0 aromatic heterocycles. The van der Waals surface area contributed by atoms with Crippen LogP contribution < -0.4 is 0 Å². The van der Waals surface area contributed by atoms with E-state index in [2.05, 4.69) is 25.8 Å². The highest BCUT2D eigenvalue weighted by Gasteiger charge is 2.60. The average Bonchev–Trinajstić information content (AvgIpc) is 2.95. The lowest BCUT2D eigenvalue weighted by Crippen LogP contribution is -2.56. The van der Waals surface area contributed by atoms with Crippen molar-refractivity contribution in [3.05, 3.63) is 11.8 Å². The van der Waals surface area contributed by atoms with Gasteiger partial charge in [0.2, 0.25) is 0 Å². The number of carbonyl (C=O) groups excluding carboxylic acids is 1. The van der Waals surface area contributed by atoms with Gasteiger partial charge in [-0.25, -0.2) is 8.42 Å². The van der Waals surface area contributed by atoms with Crippen LogP contribution in [-0.4, -0.2) is 43.7 Å². The van der Waals surface area contributed by atoms with Gasteiger partial charge in [0.05, 0.1) is 5.25 Å². The van der Waals surface area contributed by atoms with Crippen molar-refractivity contribution in [2.45, 2.75) is 64.5 Å². The Morgan fingerprint density at radius 3 is 2.65 bits per heavy atom. The third-order valence-electron chi connectivity index (χ3n) is 8.56. The Balaban J connectivity index is 1.69. The third kappa shape index (κ3) is 2.52. The van der Waals surface area contributed by atoms with Crippen molar-refractivity contribution < 1.29 is 13.2 Å². The van der Waals surface area contributed by atoms with Crippen molar-refractivity contribution >= 4 is 15.6 Å². The van der Waals surface area contributed by atoms with E-state index in [-0.39, 0.29) is 27.6 Å². The predicted octanol–water partition coefficient (Wildman–Crippen LogP) is 3.43. The van der Waals surface area contributed by atoms with E-state index in [1.807, 2.05) is 6.08 Å². The van der Waals surface area contributed by atoms with Gasteiger partial charge in [-0.05, 0) is 55.3 Å². The molecule has 1 saturated heterocycles. The maximum atomic E-state index is 12.6. The number of sulfone groups is 1. The normalized spacial score (nSPS) is 45.6. The Hall–Kier alpha value is -0.840. The third-order valence-corrected chi connectivity index (χ3v) is 10.7. The summed E-state index contributed by atoms with van der Waals surface area (Å²) in [5.74, 6) is 2.15. The maximum absolute atomic E-state index is 12.6. The fourth-order valence-electron chi connectivity index (χ4n) is 7.07. The first-order valence-electron chi connectivity index (χ1n) is 10.3. The van der Waals surface area contributed by atoms with Crippen LogP contribution in [0.15, 0.2) is 11.8 Å². The summed E-state index contributed by atoms with van der Waals surface area (Å²) in [5.41, 5.74) is 1.47. The zero-order valence-electron chi connectivity index (χ0n) is 16.6. The van der Waals surface area contributed by atoms with Crippen LogP contribution >= 0.6 is 0 Å². The molecule has 0 aromatic rings. The number of carbonyl (C=O) groups is 1. The highest BCUT2D eigenvalue weighted by molar-refractivity contribution is 7.92. The predicted molar refractivity (Wildman–Crippen MR) is 103 cm³/mol. The topological polar surface area (TPSA) is 54.5 Å². The Morgan fingerprint density at radius 2 is 1.96 bits per heavy atom. The molecule has 5 heteroatoms. The van der Waals surface area contributed by atoms with Crippen molar-refractivity contribution in [2.75, 3.05) is 19.3 Å². The lowest BCUT2D eigenvalue weighted by atomic mass is 9.50. The molecule has 6 atom stereocenters. The van der Waals surface area contributed by atoms with E-state index in [1.54, 1.807) is 6.92 Å². The second kappa shape index (κ2) is 5.83. The van der Waals surface area contributed by atoms with Gasteiger partial charge in [0, 0.05) is 43.0 Å². The molecule has 0 bridgehead atoms. The average molecular weight is 380 g/mol. The zero-order chi connectivity index (χ0) is 18.9. The van der Waals surface area contributed by atoms with Gasteiger partial charge in [-0.1, -0.05) is 20.8 Å². The minimum absolute atomic E-state index is 0.0780. The number of nitrogens with zero attached hydrogens (tertiary/aromatic N) is 1. The monoisotopic (exact) mass is 379 g/mol. The number of rotatable bonds is 2. The SMILES string of the molecule is CCS(=O)(=O)[C@H]1C[C@H]2[C@@H]3CN(C)C4=CC(=O)CC[C@]4(C)[C@H]3CC[C@]2(C)C1. The summed E-state index contributed by atoms with van der Waals surface area (Å²) in [6.45, 7) is 7.46. The summed E-state index contributed by atoms with van der Waals surface area (Å²) in [5, 5.41) is -0.149. The molecule has 1 aliphatic heterocycles. The second-order valence-electron chi connectivity index (χ2n) is 9.88. The molecule has 3 aliphatic carbocycles. The smallest absolute Gasteiger partial charge is 0.157 e. The standard InChI is InChI=1S/C21H33NO3S/c1-5-26(24,25)15-11-18-16-13-22(4)19-10-14(23)6-9-21(19,3)17(16)7-8-20(18,2)12-15/h10,15-18H,5-9,11-13H2,1-4H3/t15-,16+,17-,18-,20+,21+/m0/s1. The number of ketones is 1. The molecule has 3 fully saturated rings. The van der Waals surface area contributed by atoms with Gasteiger partial charge in [0.1, 0.15) is 0 Å². The molecule has 0 aromatic carbocycles. The Bertz CT molecular complexity index is 757. The number of hydrogen-bond donors (Lipinski definition) is 0. The molecule has 146 valence electrons. The van der Waals surface area contributed by atoms with Gasteiger partial charge >= 0.3 is 0 Å². The quantitative estimate of drug-likeness (QED) is 0.738. The largest absolute Gasteiger partial charge is 0.377 e.